The Kier molecular flexibility index (Phi) is 5.16. The van der Waals surface area contributed by atoms with Gasteiger partial charge >= 0.3 is 0 Å². The molecule has 0 amide bonds. The molecule has 2 rings (SSSR count). The fourth-order valence-corrected chi connectivity index (χ4v) is 2.37. The summed E-state index contributed by atoms with van der Waals surface area (Å²) in [5.41, 5.74) is 3.27. The number of benzene rings is 2. The second kappa shape index (κ2) is 6.88. The highest BCUT2D eigenvalue weighted by Crippen LogP contribution is 2.21. The van der Waals surface area contributed by atoms with Crippen molar-refractivity contribution in [1.29, 1.82) is 0 Å². The van der Waals surface area contributed by atoms with Crippen LogP contribution >= 0.6 is 0 Å². The molecule has 2 N–H and O–H groups in total. The van der Waals surface area contributed by atoms with Crippen molar-refractivity contribution in [2.24, 2.45) is 0 Å². The first-order valence-corrected chi connectivity index (χ1v) is 7.55. The van der Waals surface area contributed by atoms with Gasteiger partial charge in [0.2, 0.25) is 0 Å². The number of rotatable bonds is 6. The van der Waals surface area contributed by atoms with Gasteiger partial charge in [0.05, 0.1) is 12.1 Å². The third kappa shape index (κ3) is 3.93. The van der Waals surface area contributed by atoms with Gasteiger partial charge in [-0.15, -0.1) is 0 Å². The summed E-state index contributed by atoms with van der Waals surface area (Å²) in [6.07, 6.45) is 0. The van der Waals surface area contributed by atoms with Gasteiger partial charge in [0.1, 0.15) is 0 Å². The van der Waals surface area contributed by atoms with Crippen LogP contribution in [0.4, 0.5) is 0 Å². The third-order valence-corrected chi connectivity index (χ3v) is 4.06. The second-order valence-electron chi connectivity index (χ2n) is 6.11. The zero-order valence-corrected chi connectivity index (χ0v) is 13.1. The van der Waals surface area contributed by atoms with Crippen molar-refractivity contribution in [3.63, 3.8) is 0 Å². The Balaban J connectivity index is 2.06. The lowest BCUT2D eigenvalue weighted by atomic mass is 9.92. The lowest BCUT2D eigenvalue weighted by Crippen LogP contribution is -2.42. The molecule has 0 aromatic heterocycles. The molecule has 0 saturated heterocycles. The van der Waals surface area contributed by atoms with Crippen molar-refractivity contribution in [2.45, 2.75) is 38.8 Å². The van der Waals surface area contributed by atoms with Crippen LogP contribution < -0.4 is 5.32 Å². The average Bonchev–Trinajstić information content (AvgIpc) is 2.54. The Morgan fingerprint density at radius 3 is 2.14 bits per heavy atom. The number of aliphatic hydroxyl groups excluding tert-OH is 1. The van der Waals surface area contributed by atoms with E-state index >= 15 is 0 Å². The van der Waals surface area contributed by atoms with Crippen LogP contribution in [0.1, 0.15) is 43.4 Å². The van der Waals surface area contributed by atoms with Gasteiger partial charge in [-0.1, -0.05) is 68.4 Å². The normalized spacial score (nSPS) is 14.1. The zero-order valence-electron chi connectivity index (χ0n) is 13.1. The Labute approximate surface area is 127 Å². The van der Waals surface area contributed by atoms with Crippen molar-refractivity contribution in [3.8, 4) is 0 Å². The van der Waals surface area contributed by atoms with E-state index in [4.69, 9.17) is 0 Å². The van der Waals surface area contributed by atoms with Crippen molar-refractivity contribution in [3.05, 3.63) is 71.3 Å². The zero-order chi connectivity index (χ0) is 15.3. The minimum absolute atomic E-state index is 0.0705. The summed E-state index contributed by atoms with van der Waals surface area (Å²) >= 11 is 0. The topological polar surface area (TPSA) is 32.3 Å². The van der Waals surface area contributed by atoms with Crippen molar-refractivity contribution in [1.82, 2.24) is 5.32 Å². The van der Waals surface area contributed by atoms with Crippen LogP contribution in [0, 0.1) is 0 Å². The minimum atomic E-state index is -0.419. The number of hydrogen-bond donors (Lipinski definition) is 2. The van der Waals surface area contributed by atoms with Gasteiger partial charge < -0.3 is 10.4 Å². The van der Waals surface area contributed by atoms with Crippen molar-refractivity contribution < 1.29 is 5.11 Å². The average molecular weight is 283 g/mol. The molecule has 2 nitrogen and oxygen atoms in total. The molecule has 1 unspecified atom stereocenters. The summed E-state index contributed by atoms with van der Waals surface area (Å²) in [7, 11) is 0. The lowest BCUT2D eigenvalue weighted by Gasteiger charge is -2.29. The van der Waals surface area contributed by atoms with E-state index < -0.39 is 5.54 Å². The van der Waals surface area contributed by atoms with Crippen LogP contribution in [-0.4, -0.2) is 11.7 Å². The quantitative estimate of drug-likeness (QED) is 0.845. The van der Waals surface area contributed by atoms with Gasteiger partial charge in [-0.3, -0.25) is 0 Å². The summed E-state index contributed by atoms with van der Waals surface area (Å²) < 4.78 is 0. The molecule has 2 aromatic carbocycles. The first kappa shape index (κ1) is 15.7. The van der Waals surface area contributed by atoms with E-state index in [-0.39, 0.29) is 6.61 Å². The largest absolute Gasteiger partial charge is 0.394 e. The Morgan fingerprint density at radius 1 is 1.00 bits per heavy atom. The molecule has 0 aliphatic carbocycles. The maximum Gasteiger partial charge on any atom is 0.0652 e. The molecule has 0 heterocycles. The smallest absolute Gasteiger partial charge is 0.0652 e. The maximum absolute atomic E-state index is 9.77. The second-order valence-corrected chi connectivity index (χ2v) is 6.11. The molecule has 0 fully saturated rings. The van der Waals surface area contributed by atoms with E-state index in [0.29, 0.717) is 5.92 Å². The minimum Gasteiger partial charge on any atom is -0.394 e. The van der Waals surface area contributed by atoms with Gasteiger partial charge in [-0.25, -0.2) is 0 Å². The van der Waals surface area contributed by atoms with Crippen LogP contribution in [-0.2, 0) is 12.1 Å². The van der Waals surface area contributed by atoms with Crippen LogP contribution in [0.2, 0.25) is 0 Å². The molecular formula is C19H25NO. The summed E-state index contributed by atoms with van der Waals surface area (Å²) in [6, 6.07) is 18.8. The summed E-state index contributed by atoms with van der Waals surface area (Å²) in [5.74, 6) is 0.555. The van der Waals surface area contributed by atoms with Gasteiger partial charge in [-0.05, 0) is 29.5 Å². The Hall–Kier alpha value is -1.64. The standard InChI is InChI=1S/C19H25NO/c1-15(2)17-11-9-16(10-12-17)13-20-19(3,14-21)18-7-5-4-6-8-18/h4-12,15,20-21H,13-14H2,1-3H3. The first-order chi connectivity index (χ1) is 10.0. The first-order valence-electron chi connectivity index (χ1n) is 7.55. The van der Waals surface area contributed by atoms with Gasteiger partial charge in [0.15, 0.2) is 0 Å². The molecule has 0 radical (unpaired) electrons. The molecule has 2 heteroatoms. The van der Waals surface area contributed by atoms with E-state index in [0.717, 1.165) is 12.1 Å². The molecule has 2 aromatic rings. The molecule has 0 aliphatic heterocycles. The number of aliphatic hydroxyl groups is 1. The molecule has 0 saturated carbocycles. The van der Waals surface area contributed by atoms with Gasteiger partial charge in [0.25, 0.3) is 0 Å². The molecule has 0 spiro atoms. The summed E-state index contributed by atoms with van der Waals surface area (Å²) in [6.45, 7) is 7.24. The van der Waals surface area contributed by atoms with Gasteiger partial charge in [0, 0.05) is 6.54 Å². The predicted molar refractivity (Wildman–Crippen MR) is 88.3 cm³/mol. The predicted octanol–water partition coefficient (Wildman–Crippen LogP) is 3.81. The van der Waals surface area contributed by atoms with Gasteiger partial charge in [-0.2, -0.15) is 0 Å². The highest BCUT2D eigenvalue weighted by atomic mass is 16.3. The number of nitrogens with one attached hydrogen (secondary N) is 1. The maximum atomic E-state index is 9.77. The van der Waals surface area contributed by atoms with Crippen LogP contribution in [0.3, 0.4) is 0 Å². The fourth-order valence-electron chi connectivity index (χ4n) is 2.37. The fraction of sp³-hybridized carbons (Fsp3) is 0.368. The molecular weight excluding hydrogens is 258 g/mol. The molecule has 1 atom stereocenters. The molecule has 0 aliphatic rings. The Bertz CT molecular complexity index is 548. The van der Waals surface area contributed by atoms with Crippen LogP contribution in [0.5, 0.6) is 0 Å². The number of hydrogen-bond acceptors (Lipinski definition) is 2. The van der Waals surface area contributed by atoms with E-state index in [2.05, 4.69) is 43.4 Å². The van der Waals surface area contributed by atoms with Crippen molar-refractivity contribution in [2.75, 3.05) is 6.61 Å². The molecule has 112 valence electrons. The highest BCUT2D eigenvalue weighted by molar-refractivity contribution is 5.27. The van der Waals surface area contributed by atoms with Crippen LogP contribution in [0.25, 0.3) is 0 Å². The SMILES string of the molecule is CC(C)c1ccc(CNC(C)(CO)c2ccccc2)cc1. The van der Waals surface area contributed by atoms with E-state index in [1.165, 1.54) is 11.1 Å². The monoisotopic (exact) mass is 283 g/mol. The van der Waals surface area contributed by atoms with E-state index in [9.17, 15) is 5.11 Å². The summed E-state index contributed by atoms with van der Waals surface area (Å²) in [5, 5.41) is 13.2. The van der Waals surface area contributed by atoms with Crippen LogP contribution in [0.15, 0.2) is 54.6 Å². The van der Waals surface area contributed by atoms with E-state index in [1.54, 1.807) is 0 Å². The van der Waals surface area contributed by atoms with E-state index in [1.807, 2.05) is 37.3 Å². The summed E-state index contributed by atoms with van der Waals surface area (Å²) in [4.78, 5) is 0. The third-order valence-electron chi connectivity index (χ3n) is 4.06. The molecule has 21 heavy (non-hydrogen) atoms. The highest BCUT2D eigenvalue weighted by Gasteiger charge is 2.24. The lowest BCUT2D eigenvalue weighted by molar-refractivity contribution is 0.173. The Morgan fingerprint density at radius 2 is 1.62 bits per heavy atom. The molecule has 0 bridgehead atoms. The van der Waals surface area contributed by atoms with Crippen molar-refractivity contribution >= 4 is 0 Å².